The van der Waals surface area contributed by atoms with E-state index in [-0.39, 0.29) is 31.1 Å². The number of alkyl halides is 3. The van der Waals surface area contributed by atoms with Crippen molar-refractivity contribution in [1.29, 1.82) is 0 Å². The molecule has 8 heteroatoms. The molecule has 2 aromatic heterocycles. The molecule has 1 aromatic carbocycles. The third kappa shape index (κ3) is 2.52. The number of rotatable bonds is 1. The van der Waals surface area contributed by atoms with E-state index < -0.39 is 11.7 Å². The van der Waals surface area contributed by atoms with E-state index in [0.717, 1.165) is 10.3 Å². The van der Waals surface area contributed by atoms with Gasteiger partial charge in [0.05, 0.1) is 0 Å². The number of hydrogen-bond donors (Lipinski definition) is 0. The van der Waals surface area contributed by atoms with E-state index >= 15 is 0 Å². The summed E-state index contributed by atoms with van der Waals surface area (Å²) in [5.41, 5.74) is -1.23. The van der Waals surface area contributed by atoms with E-state index in [1.54, 1.807) is 18.2 Å². The van der Waals surface area contributed by atoms with Gasteiger partial charge in [0, 0.05) is 0 Å². The molecule has 0 bridgehead atoms. The third-order valence-electron chi connectivity index (χ3n) is 2.83. The van der Waals surface area contributed by atoms with Crippen molar-refractivity contribution < 1.29 is 13.2 Å². The Kier molecular flexibility index (Phi) is 3.43. The minimum atomic E-state index is -4.52. The van der Waals surface area contributed by atoms with Crippen LogP contribution in [0.2, 0.25) is 5.02 Å². The second-order valence-corrected chi connectivity index (χ2v) is 6.69. The van der Waals surface area contributed by atoms with E-state index in [9.17, 15) is 18.0 Å². The fourth-order valence-corrected chi connectivity index (χ4v) is 4.32. The van der Waals surface area contributed by atoms with Gasteiger partial charge in [0.25, 0.3) is 0 Å². The first kappa shape index (κ1) is 14.4. The van der Waals surface area contributed by atoms with Gasteiger partial charge in [0.1, 0.15) is 0 Å². The first-order valence-electron chi connectivity index (χ1n) is 5.72. The van der Waals surface area contributed by atoms with Crippen LogP contribution >= 0.6 is 11.6 Å². The molecule has 0 aliphatic heterocycles. The van der Waals surface area contributed by atoms with Crippen molar-refractivity contribution in [3.63, 3.8) is 0 Å². The van der Waals surface area contributed by atoms with Crippen LogP contribution in [0.25, 0.3) is 15.5 Å². The maximum absolute atomic E-state index is 12.6. The molecular formula is C13H6ClF3N2OSe. The minimum absolute atomic E-state index is 0.0610. The molecule has 0 saturated carbocycles. The van der Waals surface area contributed by atoms with Gasteiger partial charge in [0.2, 0.25) is 0 Å². The van der Waals surface area contributed by atoms with Crippen LogP contribution in [0.1, 0.15) is 5.56 Å². The zero-order valence-corrected chi connectivity index (χ0v) is 12.7. The molecule has 3 aromatic rings. The van der Waals surface area contributed by atoms with E-state index in [4.69, 9.17) is 11.6 Å². The summed E-state index contributed by atoms with van der Waals surface area (Å²) >= 11 is 5.49. The van der Waals surface area contributed by atoms with E-state index in [1.807, 2.05) is 6.07 Å². The molecule has 2 heterocycles. The molecule has 0 radical (unpaired) electrons. The van der Waals surface area contributed by atoms with Crippen LogP contribution in [0.3, 0.4) is 0 Å². The normalized spacial score (nSPS) is 12.0. The molecule has 108 valence electrons. The fraction of sp³-hybridized carbons (Fsp3) is 0.0769. The first-order chi connectivity index (χ1) is 9.88. The van der Waals surface area contributed by atoms with Gasteiger partial charge >= 0.3 is 127 Å². The van der Waals surface area contributed by atoms with Crippen molar-refractivity contribution in [1.82, 2.24) is 8.55 Å². The molecule has 0 spiro atoms. The molecule has 21 heavy (non-hydrogen) atoms. The SMILES string of the molecule is O=c1c2ccccc2[se]n1-c1ncc(C(F)(F)F)cc1Cl. The predicted molar refractivity (Wildman–Crippen MR) is 74.3 cm³/mol. The van der Waals surface area contributed by atoms with Crippen molar-refractivity contribution in [3.05, 3.63) is 57.5 Å². The number of aromatic nitrogens is 2. The van der Waals surface area contributed by atoms with E-state index in [2.05, 4.69) is 4.98 Å². The van der Waals surface area contributed by atoms with Crippen molar-refractivity contribution in [2.75, 3.05) is 0 Å². The average Bonchev–Trinajstić information content (AvgIpc) is 2.75. The standard InChI is InChI=1S/C13H6ClF3N2OSe/c14-9-5-7(13(15,16)17)6-18-11(9)19-12(20)8-3-1-2-4-10(8)21-19/h1-6H. The molecule has 0 atom stereocenters. The number of fused-ring (bicyclic) bond motifs is 1. The van der Waals surface area contributed by atoms with Crippen molar-refractivity contribution in [2.45, 2.75) is 6.18 Å². The topological polar surface area (TPSA) is 34.9 Å². The van der Waals surface area contributed by atoms with Crippen molar-refractivity contribution >= 4 is 36.0 Å². The van der Waals surface area contributed by atoms with E-state index in [1.165, 1.54) is 3.56 Å². The second kappa shape index (κ2) is 5.02. The quantitative estimate of drug-likeness (QED) is 0.611. The van der Waals surface area contributed by atoms with Crippen LogP contribution in [0.4, 0.5) is 13.2 Å². The Morgan fingerprint density at radius 3 is 2.57 bits per heavy atom. The second-order valence-electron chi connectivity index (χ2n) is 4.21. The molecule has 0 saturated heterocycles. The number of hydrogen-bond acceptors (Lipinski definition) is 2. The van der Waals surface area contributed by atoms with Crippen LogP contribution in [-0.4, -0.2) is 23.3 Å². The molecule has 0 aliphatic rings. The van der Waals surface area contributed by atoms with Crippen LogP contribution in [0.15, 0.2) is 41.3 Å². The first-order valence-corrected chi connectivity index (χ1v) is 7.72. The molecule has 3 rings (SSSR count). The number of pyridine rings is 1. The summed E-state index contributed by atoms with van der Waals surface area (Å²) in [6, 6.07) is 7.82. The number of nitrogens with zero attached hydrogens (tertiary/aromatic N) is 2. The van der Waals surface area contributed by atoms with Crippen LogP contribution in [0.5, 0.6) is 0 Å². The number of benzene rings is 1. The predicted octanol–water partition coefficient (Wildman–Crippen LogP) is 3.11. The van der Waals surface area contributed by atoms with Gasteiger partial charge in [-0.15, -0.1) is 0 Å². The Hall–Kier alpha value is -1.56. The molecule has 0 N–H and O–H groups in total. The van der Waals surface area contributed by atoms with Gasteiger partial charge in [-0.1, -0.05) is 0 Å². The summed E-state index contributed by atoms with van der Waals surface area (Å²) in [5, 5.41) is 0.350. The molecule has 0 unspecified atom stereocenters. The summed E-state index contributed by atoms with van der Waals surface area (Å²) in [7, 11) is 0. The summed E-state index contributed by atoms with van der Waals surface area (Å²) in [6.45, 7) is 0. The van der Waals surface area contributed by atoms with Gasteiger partial charge in [-0.25, -0.2) is 0 Å². The summed E-state index contributed by atoms with van der Waals surface area (Å²) in [4.78, 5) is 16.0. The fourth-order valence-electron chi connectivity index (χ4n) is 1.85. The molecule has 0 fully saturated rings. The van der Waals surface area contributed by atoms with E-state index in [0.29, 0.717) is 11.6 Å². The van der Waals surface area contributed by atoms with Gasteiger partial charge in [-0.3, -0.25) is 0 Å². The van der Waals surface area contributed by atoms with Crippen molar-refractivity contribution in [3.8, 4) is 5.82 Å². The van der Waals surface area contributed by atoms with Crippen molar-refractivity contribution in [2.24, 2.45) is 0 Å². The van der Waals surface area contributed by atoms with Crippen LogP contribution in [0, 0.1) is 0 Å². The Morgan fingerprint density at radius 1 is 1.24 bits per heavy atom. The van der Waals surface area contributed by atoms with Gasteiger partial charge < -0.3 is 0 Å². The summed E-state index contributed by atoms with van der Waals surface area (Å²) in [6.07, 6.45) is -3.83. The van der Waals surface area contributed by atoms with Crippen LogP contribution < -0.4 is 5.56 Å². The Balaban J connectivity index is 2.20. The average molecular weight is 378 g/mol. The van der Waals surface area contributed by atoms with Gasteiger partial charge in [0.15, 0.2) is 0 Å². The van der Waals surface area contributed by atoms with Gasteiger partial charge in [-0.05, 0) is 0 Å². The zero-order valence-electron chi connectivity index (χ0n) is 10.2. The Bertz CT molecular complexity index is 885. The summed E-state index contributed by atoms with van der Waals surface area (Å²) < 4.78 is 40.0. The Morgan fingerprint density at radius 2 is 1.95 bits per heavy atom. The van der Waals surface area contributed by atoms with Crippen LogP contribution in [-0.2, 0) is 6.18 Å². The van der Waals surface area contributed by atoms with Gasteiger partial charge in [-0.2, -0.15) is 0 Å². The summed E-state index contributed by atoms with van der Waals surface area (Å²) in [5.74, 6) is 0.0610. The number of halogens is 4. The Labute approximate surface area is 127 Å². The molecular weight excluding hydrogens is 372 g/mol. The molecule has 0 amide bonds. The monoisotopic (exact) mass is 378 g/mol. The molecule has 0 aliphatic carbocycles. The molecule has 3 nitrogen and oxygen atoms in total. The zero-order chi connectivity index (χ0) is 15.2. The third-order valence-corrected chi connectivity index (χ3v) is 5.36. The maximum atomic E-state index is 12.6.